The van der Waals surface area contributed by atoms with E-state index in [0.29, 0.717) is 31.4 Å². The lowest BCUT2D eigenvalue weighted by molar-refractivity contribution is -0.148. The Kier molecular flexibility index (Phi) is 3.39. The highest BCUT2D eigenvalue weighted by molar-refractivity contribution is 6.00. The van der Waals surface area contributed by atoms with Crippen molar-refractivity contribution in [1.29, 1.82) is 0 Å². The maximum atomic E-state index is 12.3. The number of hydrogen-bond donors (Lipinski definition) is 2. The van der Waals surface area contributed by atoms with Gasteiger partial charge in [0.05, 0.1) is 0 Å². The van der Waals surface area contributed by atoms with Crippen molar-refractivity contribution in [3.05, 3.63) is 29.3 Å². The van der Waals surface area contributed by atoms with E-state index in [9.17, 15) is 19.5 Å². The molecule has 22 heavy (non-hydrogen) atoms. The maximum Gasteiger partial charge on any atom is 0.329 e. The van der Waals surface area contributed by atoms with Gasteiger partial charge < -0.3 is 15.3 Å². The Balaban J connectivity index is 1.80. The summed E-state index contributed by atoms with van der Waals surface area (Å²) < 4.78 is 0. The average molecular weight is 302 g/mol. The highest BCUT2D eigenvalue weighted by Crippen LogP contribution is 2.33. The second-order valence-corrected chi connectivity index (χ2v) is 5.96. The van der Waals surface area contributed by atoms with E-state index in [4.69, 9.17) is 0 Å². The highest BCUT2D eigenvalue weighted by atomic mass is 16.4. The van der Waals surface area contributed by atoms with Gasteiger partial charge in [0.25, 0.3) is 5.91 Å². The monoisotopic (exact) mass is 302 g/mol. The van der Waals surface area contributed by atoms with Crippen LogP contribution in [0.5, 0.6) is 0 Å². The zero-order valence-electron chi connectivity index (χ0n) is 12.4. The summed E-state index contributed by atoms with van der Waals surface area (Å²) in [6, 6.07) is 5.15. The second kappa shape index (κ2) is 5.12. The summed E-state index contributed by atoms with van der Waals surface area (Å²) in [4.78, 5) is 36.8. The molecule has 0 unspecified atom stereocenters. The van der Waals surface area contributed by atoms with Crippen LogP contribution < -0.4 is 10.2 Å². The van der Waals surface area contributed by atoms with E-state index in [1.807, 2.05) is 0 Å². The molecular weight excluding hydrogens is 284 g/mol. The summed E-state index contributed by atoms with van der Waals surface area (Å²) in [7, 11) is 0. The summed E-state index contributed by atoms with van der Waals surface area (Å²) >= 11 is 0. The van der Waals surface area contributed by atoms with Crippen LogP contribution in [0.2, 0.25) is 0 Å². The minimum absolute atomic E-state index is 0.0183. The molecule has 1 saturated carbocycles. The topological polar surface area (TPSA) is 86.7 Å². The van der Waals surface area contributed by atoms with Crippen LogP contribution in [-0.2, 0) is 16.0 Å². The number of hydrogen-bond acceptors (Lipinski definition) is 3. The highest BCUT2D eigenvalue weighted by Gasteiger charge is 2.45. The molecule has 116 valence electrons. The third kappa shape index (κ3) is 2.24. The van der Waals surface area contributed by atoms with E-state index >= 15 is 0 Å². The van der Waals surface area contributed by atoms with Gasteiger partial charge in [0.2, 0.25) is 5.91 Å². The van der Waals surface area contributed by atoms with Gasteiger partial charge in [-0.15, -0.1) is 0 Å². The second-order valence-electron chi connectivity index (χ2n) is 5.96. The number of carboxylic acids is 1. The number of anilines is 1. The first-order valence-corrected chi connectivity index (χ1v) is 7.40. The number of rotatable bonds is 3. The molecule has 1 aromatic carbocycles. The standard InChI is InChI=1S/C16H18N2O4/c1-10(19)18-8-5-11-9-12(3-4-13(11)18)14(20)17-16(15(21)22)6-2-7-16/h3-4,9H,2,5-8H2,1H3,(H,17,20)(H,21,22). The normalized spacial score (nSPS) is 18.3. The van der Waals surface area contributed by atoms with Gasteiger partial charge in [-0.1, -0.05) is 0 Å². The molecule has 0 saturated heterocycles. The number of fused-ring (bicyclic) bond motifs is 1. The number of nitrogens with zero attached hydrogens (tertiary/aromatic N) is 1. The van der Waals surface area contributed by atoms with E-state index < -0.39 is 11.5 Å². The number of aliphatic carboxylic acids is 1. The van der Waals surface area contributed by atoms with E-state index in [1.165, 1.54) is 6.92 Å². The molecule has 0 aromatic heterocycles. The molecule has 1 fully saturated rings. The lowest BCUT2D eigenvalue weighted by atomic mass is 9.76. The first-order valence-electron chi connectivity index (χ1n) is 7.40. The van der Waals surface area contributed by atoms with Gasteiger partial charge in [-0.05, 0) is 49.4 Å². The van der Waals surface area contributed by atoms with Gasteiger partial charge in [0.1, 0.15) is 5.54 Å². The Morgan fingerprint density at radius 1 is 1.27 bits per heavy atom. The van der Waals surface area contributed by atoms with Gasteiger partial charge in [0.15, 0.2) is 0 Å². The quantitative estimate of drug-likeness (QED) is 0.882. The van der Waals surface area contributed by atoms with Crippen molar-refractivity contribution in [1.82, 2.24) is 5.32 Å². The smallest absolute Gasteiger partial charge is 0.329 e. The lowest BCUT2D eigenvalue weighted by Crippen LogP contribution is -2.59. The van der Waals surface area contributed by atoms with Crippen molar-refractivity contribution in [3.8, 4) is 0 Å². The van der Waals surface area contributed by atoms with Crippen molar-refractivity contribution in [2.24, 2.45) is 0 Å². The molecule has 1 aliphatic carbocycles. The predicted octanol–water partition coefficient (Wildman–Crippen LogP) is 1.33. The number of benzene rings is 1. The molecule has 0 atom stereocenters. The van der Waals surface area contributed by atoms with Crippen molar-refractivity contribution in [2.45, 2.75) is 38.1 Å². The van der Waals surface area contributed by atoms with Crippen LogP contribution in [0, 0.1) is 0 Å². The van der Waals surface area contributed by atoms with Gasteiger partial charge in [-0.25, -0.2) is 4.79 Å². The zero-order valence-corrected chi connectivity index (χ0v) is 12.4. The first-order chi connectivity index (χ1) is 10.4. The number of amides is 2. The van der Waals surface area contributed by atoms with Crippen LogP contribution in [0.4, 0.5) is 5.69 Å². The first kappa shape index (κ1) is 14.6. The number of carboxylic acid groups (broad SMARTS) is 1. The van der Waals surface area contributed by atoms with Gasteiger partial charge in [0, 0.05) is 24.7 Å². The number of carbonyl (C=O) groups excluding carboxylic acids is 2. The van der Waals surface area contributed by atoms with Gasteiger partial charge >= 0.3 is 5.97 Å². The Morgan fingerprint density at radius 3 is 2.55 bits per heavy atom. The summed E-state index contributed by atoms with van der Waals surface area (Å²) in [6.45, 7) is 2.14. The zero-order chi connectivity index (χ0) is 15.9. The fourth-order valence-corrected chi connectivity index (χ4v) is 3.08. The van der Waals surface area contributed by atoms with Crippen molar-refractivity contribution >= 4 is 23.5 Å². The van der Waals surface area contributed by atoms with Crippen molar-refractivity contribution in [3.63, 3.8) is 0 Å². The third-order valence-electron chi connectivity index (χ3n) is 4.59. The summed E-state index contributed by atoms with van der Waals surface area (Å²) in [5, 5.41) is 11.9. The molecule has 6 nitrogen and oxygen atoms in total. The third-order valence-corrected chi connectivity index (χ3v) is 4.59. The number of carbonyl (C=O) groups is 3. The number of nitrogens with one attached hydrogen (secondary N) is 1. The summed E-state index contributed by atoms with van der Waals surface area (Å²) in [5.41, 5.74) is 1.11. The molecule has 6 heteroatoms. The molecule has 3 rings (SSSR count). The van der Waals surface area contributed by atoms with Crippen LogP contribution >= 0.6 is 0 Å². The fraction of sp³-hybridized carbons (Fsp3) is 0.438. The van der Waals surface area contributed by atoms with Crippen LogP contribution in [0.25, 0.3) is 0 Å². The van der Waals surface area contributed by atoms with Gasteiger partial charge in [-0.2, -0.15) is 0 Å². The molecule has 1 heterocycles. The summed E-state index contributed by atoms with van der Waals surface area (Å²) in [5.74, 6) is -1.36. The largest absolute Gasteiger partial charge is 0.480 e. The Hall–Kier alpha value is -2.37. The van der Waals surface area contributed by atoms with Crippen molar-refractivity contribution in [2.75, 3.05) is 11.4 Å². The Morgan fingerprint density at radius 2 is 2.00 bits per heavy atom. The van der Waals surface area contributed by atoms with E-state index in [2.05, 4.69) is 5.32 Å². The molecule has 0 spiro atoms. The molecule has 2 amide bonds. The maximum absolute atomic E-state index is 12.3. The van der Waals surface area contributed by atoms with Crippen LogP contribution in [0.3, 0.4) is 0 Å². The molecule has 0 radical (unpaired) electrons. The SMILES string of the molecule is CC(=O)N1CCc2cc(C(=O)NC3(C(=O)O)CCC3)ccc21. The van der Waals surface area contributed by atoms with Crippen LogP contribution in [-0.4, -0.2) is 35.0 Å². The molecular formula is C16H18N2O4. The minimum Gasteiger partial charge on any atom is -0.480 e. The molecule has 2 N–H and O–H groups in total. The summed E-state index contributed by atoms with van der Waals surface area (Å²) in [6.07, 6.45) is 2.46. The Bertz CT molecular complexity index is 664. The molecule has 2 aliphatic rings. The molecule has 0 bridgehead atoms. The molecule has 1 aliphatic heterocycles. The van der Waals surface area contributed by atoms with Crippen LogP contribution in [0.1, 0.15) is 42.1 Å². The Labute approximate surface area is 128 Å². The fourth-order valence-electron chi connectivity index (χ4n) is 3.08. The van der Waals surface area contributed by atoms with Gasteiger partial charge in [-0.3, -0.25) is 9.59 Å². The predicted molar refractivity (Wildman–Crippen MR) is 79.9 cm³/mol. The molecule has 1 aromatic rings. The van der Waals surface area contributed by atoms with E-state index in [-0.39, 0.29) is 11.8 Å². The van der Waals surface area contributed by atoms with E-state index in [0.717, 1.165) is 17.7 Å². The minimum atomic E-state index is -1.11. The van der Waals surface area contributed by atoms with Crippen LogP contribution in [0.15, 0.2) is 18.2 Å². The lowest BCUT2D eigenvalue weighted by Gasteiger charge is -2.38. The van der Waals surface area contributed by atoms with Crippen molar-refractivity contribution < 1.29 is 19.5 Å². The van der Waals surface area contributed by atoms with E-state index in [1.54, 1.807) is 23.1 Å². The average Bonchev–Trinajstić information content (AvgIpc) is 2.85.